The number of carbonyl (C=O) groups is 1. The Hall–Kier alpha value is -1.23. The molecule has 0 radical (unpaired) electrons. The van der Waals surface area contributed by atoms with Crippen molar-refractivity contribution in [1.82, 2.24) is 15.5 Å². The van der Waals surface area contributed by atoms with Crippen molar-refractivity contribution < 1.29 is 4.79 Å². The number of carbonyl (C=O) groups excluding carboxylic acids is 1. The van der Waals surface area contributed by atoms with Crippen LogP contribution in [0, 0.1) is 10.8 Å². The minimum absolute atomic E-state index is 0.174. The van der Waals surface area contributed by atoms with Crippen LogP contribution in [0.1, 0.15) is 58.9 Å². The van der Waals surface area contributed by atoms with Gasteiger partial charge in [-0.25, -0.2) is 0 Å². The lowest BCUT2D eigenvalue weighted by atomic mass is 9.80. The summed E-state index contributed by atoms with van der Waals surface area (Å²) >= 11 is 0. The molecular weight excluding hydrogens is 346 g/mol. The molecule has 1 saturated carbocycles. The third-order valence-corrected chi connectivity index (χ3v) is 6.43. The number of piperidine rings is 2. The molecule has 2 N–H and O–H groups in total. The summed E-state index contributed by atoms with van der Waals surface area (Å²) in [5, 5.41) is 7.20. The quantitative estimate of drug-likeness (QED) is 0.831. The molecule has 0 amide bonds. The first-order valence-corrected chi connectivity index (χ1v) is 11.0. The van der Waals surface area contributed by atoms with Crippen LogP contribution in [0.4, 0.5) is 0 Å². The normalized spacial score (nSPS) is 27.0. The molecule has 1 aromatic rings. The van der Waals surface area contributed by atoms with Crippen LogP contribution in [0.2, 0.25) is 0 Å². The van der Waals surface area contributed by atoms with E-state index in [0.717, 1.165) is 38.3 Å². The molecule has 0 spiro atoms. The van der Waals surface area contributed by atoms with Gasteiger partial charge >= 0.3 is 0 Å². The second-order valence-corrected chi connectivity index (χ2v) is 10.2. The fourth-order valence-electron chi connectivity index (χ4n) is 4.32. The topological polar surface area (TPSA) is 44.4 Å². The maximum absolute atomic E-state index is 11.7. The number of Topliss-reactive ketones (excluding diaryl/α,β-unsaturated/α-hetero) is 1. The summed E-state index contributed by atoms with van der Waals surface area (Å²) in [5.74, 6) is 0.400. The molecule has 3 aliphatic rings. The zero-order valence-corrected chi connectivity index (χ0v) is 18.3. The molecule has 2 aliphatic heterocycles. The van der Waals surface area contributed by atoms with E-state index in [1.807, 2.05) is 19.9 Å². The van der Waals surface area contributed by atoms with Crippen molar-refractivity contribution in [3.05, 3.63) is 35.9 Å². The minimum Gasteiger partial charge on any atom is -0.316 e. The summed E-state index contributed by atoms with van der Waals surface area (Å²) in [4.78, 5) is 14.1. The van der Waals surface area contributed by atoms with E-state index >= 15 is 0 Å². The second-order valence-electron chi connectivity index (χ2n) is 10.2. The van der Waals surface area contributed by atoms with Crippen LogP contribution in [-0.4, -0.2) is 48.9 Å². The molecule has 1 aliphatic carbocycles. The van der Waals surface area contributed by atoms with Gasteiger partial charge in [0.25, 0.3) is 0 Å². The number of hydrogen-bond acceptors (Lipinski definition) is 4. The summed E-state index contributed by atoms with van der Waals surface area (Å²) in [7, 11) is 0. The third-order valence-electron chi connectivity index (χ3n) is 6.43. The van der Waals surface area contributed by atoms with Gasteiger partial charge in [0.15, 0.2) is 0 Å². The van der Waals surface area contributed by atoms with Crippen LogP contribution in [0.3, 0.4) is 0 Å². The zero-order chi connectivity index (χ0) is 20.2. The summed E-state index contributed by atoms with van der Waals surface area (Å²) < 4.78 is 0. The van der Waals surface area contributed by atoms with Crippen LogP contribution in [0.15, 0.2) is 30.3 Å². The number of rotatable bonds is 4. The Morgan fingerprint density at radius 3 is 2.43 bits per heavy atom. The number of benzene rings is 1. The molecule has 4 rings (SSSR count). The Kier molecular flexibility index (Phi) is 6.95. The van der Waals surface area contributed by atoms with Crippen LogP contribution >= 0.6 is 0 Å². The van der Waals surface area contributed by atoms with Gasteiger partial charge in [0, 0.05) is 50.1 Å². The molecule has 2 heterocycles. The fourth-order valence-corrected chi connectivity index (χ4v) is 4.32. The molecule has 0 aromatic heterocycles. The van der Waals surface area contributed by atoms with Gasteiger partial charge in [-0.3, -0.25) is 9.69 Å². The summed E-state index contributed by atoms with van der Waals surface area (Å²) in [6.07, 6.45) is 4.79. The first-order chi connectivity index (χ1) is 13.3. The number of hydrogen-bond donors (Lipinski definition) is 2. The predicted octanol–water partition coefficient (Wildman–Crippen LogP) is 3.61. The summed E-state index contributed by atoms with van der Waals surface area (Å²) in [6.45, 7) is 13.9. The van der Waals surface area contributed by atoms with Crippen molar-refractivity contribution in [2.45, 2.75) is 72.0 Å². The molecule has 1 atom stereocenters. The van der Waals surface area contributed by atoms with Gasteiger partial charge in [0.1, 0.15) is 5.78 Å². The lowest BCUT2D eigenvalue weighted by Crippen LogP contribution is -2.53. The predicted molar refractivity (Wildman–Crippen MR) is 116 cm³/mol. The highest BCUT2D eigenvalue weighted by Gasteiger charge is 2.36. The number of nitrogens with zero attached hydrogens (tertiary/aromatic N) is 1. The molecule has 0 bridgehead atoms. The van der Waals surface area contributed by atoms with Crippen LogP contribution in [0.5, 0.6) is 0 Å². The minimum atomic E-state index is -0.174. The Morgan fingerprint density at radius 1 is 1.11 bits per heavy atom. The monoisotopic (exact) mass is 385 g/mol. The van der Waals surface area contributed by atoms with E-state index < -0.39 is 0 Å². The zero-order valence-electron chi connectivity index (χ0n) is 18.3. The molecule has 4 heteroatoms. The lowest BCUT2D eigenvalue weighted by molar-refractivity contribution is -0.131. The van der Waals surface area contributed by atoms with Crippen molar-refractivity contribution in [3.63, 3.8) is 0 Å². The molecule has 156 valence electrons. The van der Waals surface area contributed by atoms with Gasteiger partial charge in [-0.1, -0.05) is 58.0 Å². The van der Waals surface area contributed by atoms with Crippen LogP contribution < -0.4 is 10.6 Å². The Morgan fingerprint density at radius 2 is 1.82 bits per heavy atom. The van der Waals surface area contributed by atoms with Gasteiger partial charge in [-0.15, -0.1) is 0 Å². The Labute approximate surface area is 171 Å². The molecule has 2 saturated heterocycles. The second kappa shape index (κ2) is 9.06. The Bertz CT molecular complexity index is 637. The van der Waals surface area contributed by atoms with Gasteiger partial charge in [0.05, 0.1) is 0 Å². The average molecular weight is 386 g/mol. The van der Waals surface area contributed by atoms with E-state index in [9.17, 15) is 4.79 Å². The highest BCUT2D eigenvalue weighted by atomic mass is 16.1. The molecule has 3 fully saturated rings. The maximum atomic E-state index is 11.7. The standard InChI is InChI=1S/C14H19NO.C10H20N2/c1-14(2)11-15(9-8-13(14)16)10-12-6-4-3-5-7-12;1-10(2)7-11-6-5-9(10)12-8-3-4-8/h3-7H,8-11H2,1-2H3;8-9,11-12H,3-7H2,1-2H3. The lowest BCUT2D eigenvalue weighted by Gasteiger charge is -2.39. The highest BCUT2D eigenvalue weighted by molar-refractivity contribution is 5.85. The first kappa shape index (κ1) is 21.5. The fraction of sp³-hybridized carbons (Fsp3) is 0.708. The van der Waals surface area contributed by atoms with Crippen molar-refractivity contribution in [2.24, 2.45) is 10.8 Å². The van der Waals surface area contributed by atoms with E-state index in [-0.39, 0.29) is 5.41 Å². The maximum Gasteiger partial charge on any atom is 0.141 e. The number of likely N-dealkylation sites (tertiary alicyclic amines) is 1. The average Bonchev–Trinajstić information content (AvgIpc) is 3.45. The van der Waals surface area contributed by atoms with Crippen LogP contribution in [-0.2, 0) is 11.3 Å². The van der Waals surface area contributed by atoms with E-state index in [1.54, 1.807) is 0 Å². The number of nitrogens with one attached hydrogen (secondary N) is 2. The molecule has 1 aromatic carbocycles. The first-order valence-electron chi connectivity index (χ1n) is 11.0. The van der Waals surface area contributed by atoms with Crippen molar-refractivity contribution in [3.8, 4) is 0 Å². The smallest absolute Gasteiger partial charge is 0.141 e. The summed E-state index contributed by atoms with van der Waals surface area (Å²) in [5.41, 5.74) is 1.60. The molecule has 28 heavy (non-hydrogen) atoms. The Balaban J connectivity index is 0.000000167. The van der Waals surface area contributed by atoms with E-state index in [0.29, 0.717) is 17.6 Å². The van der Waals surface area contributed by atoms with Crippen molar-refractivity contribution in [1.29, 1.82) is 0 Å². The largest absolute Gasteiger partial charge is 0.316 e. The van der Waals surface area contributed by atoms with E-state index in [2.05, 4.69) is 53.6 Å². The third kappa shape index (κ3) is 6.13. The van der Waals surface area contributed by atoms with Crippen molar-refractivity contribution >= 4 is 5.78 Å². The van der Waals surface area contributed by atoms with E-state index in [1.165, 1.54) is 31.4 Å². The van der Waals surface area contributed by atoms with Gasteiger partial charge in [-0.2, -0.15) is 0 Å². The van der Waals surface area contributed by atoms with Gasteiger partial charge in [0.2, 0.25) is 0 Å². The SMILES string of the molecule is CC1(C)CN(Cc2ccccc2)CCC1=O.CC1(C)CNCCC1NC1CC1. The summed E-state index contributed by atoms with van der Waals surface area (Å²) in [6, 6.07) is 12.0. The van der Waals surface area contributed by atoms with Crippen molar-refractivity contribution in [2.75, 3.05) is 26.2 Å². The molecule has 4 nitrogen and oxygen atoms in total. The van der Waals surface area contributed by atoms with Gasteiger partial charge in [-0.05, 0) is 36.8 Å². The van der Waals surface area contributed by atoms with Crippen LogP contribution in [0.25, 0.3) is 0 Å². The highest BCUT2D eigenvalue weighted by Crippen LogP contribution is 2.29. The molecular formula is C24H39N3O. The van der Waals surface area contributed by atoms with Gasteiger partial charge < -0.3 is 10.6 Å². The molecule has 1 unspecified atom stereocenters. The van der Waals surface area contributed by atoms with E-state index in [4.69, 9.17) is 0 Å². The number of ketones is 1.